The zero-order valence-corrected chi connectivity index (χ0v) is 64.3. The number of carbonyl (C=O) groups is 3. The van der Waals surface area contributed by atoms with Crippen LogP contribution >= 0.6 is 0 Å². The van der Waals surface area contributed by atoms with Crippen molar-refractivity contribution < 1.29 is 42.9 Å². The normalized spacial score (nSPS) is 13.0. The molecule has 9 heteroatoms. The van der Waals surface area contributed by atoms with Crippen molar-refractivity contribution in [3.63, 3.8) is 0 Å². The quantitative estimate of drug-likeness (QED) is 0.0195. The van der Waals surface area contributed by atoms with Crippen molar-refractivity contribution >= 4 is 17.9 Å². The summed E-state index contributed by atoms with van der Waals surface area (Å²) in [6.07, 6.45) is 102. The predicted octanol–water partition coefficient (Wildman–Crippen LogP) is 25.4. The minimum absolute atomic E-state index is 0.149. The van der Waals surface area contributed by atoms with E-state index in [1.807, 2.05) is 21.1 Å². The number of rotatable bonds is 78. The number of carbonyl (C=O) groups excluding carboxylic acids is 3. The van der Waals surface area contributed by atoms with Gasteiger partial charge in [-0.15, -0.1) is 0 Å². The van der Waals surface area contributed by atoms with Gasteiger partial charge in [0.1, 0.15) is 13.2 Å². The lowest BCUT2D eigenvalue weighted by Gasteiger charge is -2.26. The van der Waals surface area contributed by atoms with Crippen LogP contribution in [0.2, 0.25) is 0 Å². The van der Waals surface area contributed by atoms with Gasteiger partial charge in [0.15, 0.2) is 12.4 Å². The highest BCUT2D eigenvalue weighted by atomic mass is 16.7. The molecule has 0 saturated heterocycles. The molecule has 0 radical (unpaired) electrons. The molecule has 0 rings (SSSR count). The number of unbranched alkanes of at least 4 members (excludes halogenated alkanes) is 51. The van der Waals surface area contributed by atoms with Gasteiger partial charge in [-0.3, -0.25) is 9.59 Å². The van der Waals surface area contributed by atoms with Crippen molar-refractivity contribution in [2.24, 2.45) is 0 Å². The van der Waals surface area contributed by atoms with Crippen LogP contribution in [-0.4, -0.2) is 82.3 Å². The van der Waals surface area contributed by atoms with Gasteiger partial charge in [-0.05, 0) is 64.2 Å². The molecule has 0 aromatic rings. The van der Waals surface area contributed by atoms with Crippen molar-refractivity contribution in [2.45, 2.75) is 418 Å². The Kier molecular flexibility index (Phi) is 74.8. The molecular formula is C87H159NO8. The molecule has 560 valence electrons. The molecule has 9 nitrogen and oxygen atoms in total. The maximum atomic E-state index is 13.0. The van der Waals surface area contributed by atoms with Crippen LogP contribution in [0.4, 0.5) is 0 Å². The second-order valence-electron chi connectivity index (χ2n) is 29.4. The van der Waals surface area contributed by atoms with Crippen LogP contribution in [0, 0.1) is 0 Å². The summed E-state index contributed by atoms with van der Waals surface area (Å²) in [7, 11) is 5.95. The van der Waals surface area contributed by atoms with Gasteiger partial charge in [0.05, 0.1) is 40.3 Å². The molecule has 0 spiro atoms. The van der Waals surface area contributed by atoms with E-state index in [4.69, 9.17) is 18.9 Å². The summed E-state index contributed by atoms with van der Waals surface area (Å²) >= 11 is 0. The lowest BCUT2D eigenvalue weighted by molar-refractivity contribution is -0.870. The van der Waals surface area contributed by atoms with Gasteiger partial charge >= 0.3 is 11.9 Å². The third-order valence-corrected chi connectivity index (χ3v) is 18.7. The maximum absolute atomic E-state index is 13.0. The molecule has 0 aliphatic carbocycles. The molecule has 0 aliphatic rings. The van der Waals surface area contributed by atoms with Crippen LogP contribution in [0.5, 0.6) is 0 Å². The lowest BCUT2D eigenvalue weighted by Crippen LogP contribution is -2.44. The number of likely N-dealkylation sites (N-methyl/N-ethyl adjacent to an activating group) is 1. The number of carboxylic acid groups (broad SMARTS) is 1. The van der Waals surface area contributed by atoms with E-state index in [0.29, 0.717) is 23.9 Å². The second kappa shape index (κ2) is 77.5. The van der Waals surface area contributed by atoms with E-state index in [2.05, 4.69) is 86.8 Å². The molecule has 0 aromatic carbocycles. The Bertz CT molecular complexity index is 1810. The van der Waals surface area contributed by atoms with E-state index in [0.717, 1.165) is 70.6 Å². The van der Waals surface area contributed by atoms with Gasteiger partial charge in [-0.2, -0.15) is 0 Å². The van der Waals surface area contributed by atoms with Crippen LogP contribution in [0.25, 0.3) is 0 Å². The molecule has 0 aromatic heterocycles. The maximum Gasteiger partial charge on any atom is 0.306 e. The topological polar surface area (TPSA) is 111 Å². The number of aliphatic carboxylic acids is 1. The number of hydrogen-bond acceptors (Lipinski definition) is 8. The zero-order chi connectivity index (χ0) is 69.7. The highest BCUT2D eigenvalue weighted by Gasteiger charge is 2.22. The number of ether oxygens (including phenoxy) is 4. The average molecular weight is 1350 g/mol. The Morgan fingerprint density at radius 1 is 0.323 bits per heavy atom. The summed E-state index contributed by atoms with van der Waals surface area (Å²) in [6, 6.07) is 0. The number of quaternary nitrogens is 1. The molecule has 0 aliphatic heterocycles. The third kappa shape index (κ3) is 78.1. The minimum Gasteiger partial charge on any atom is -0.545 e. The fourth-order valence-corrected chi connectivity index (χ4v) is 12.4. The van der Waals surface area contributed by atoms with Gasteiger partial charge in [-0.1, -0.05) is 401 Å². The van der Waals surface area contributed by atoms with E-state index < -0.39 is 24.3 Å². The number of esters is 2. The first-order chi connectivity index (χ1) is 47.1. The molecule has 0 fully saturated rings. The molecule has 0 N–H and O–H groups in total. The van der Waals surface area contributed by atoms with Gasteiger partial charge in [0.25, 0.3) is 0 Å². The van der Waals surface area contributed by atoms with Gasteiger partial charge in [-0.25, -0.2) is 0 Å². The fourth-order valence-electron chi connectivity index (χ4n) is 12.4. The molecule has 96 heavy (non-hydrogen) atoms. The first kappa shape index (κ1) is 92.7. The van der Waals surface area contributed by atoms with E-state index in [-0.39, 0.29) is 32.2 Å². The number of hydrogen-bond donors (Lipinski definition) is 0. The first-order valence-corrected chi connectivity index (χ1v) is 41.6. The summed E-state index contributed by atoms with van der Waals surface area (Å²) in [4.78, 5) is 37.6. The number of nitrogens with zero attached hydrogens (tertiary/aromatic N) is 1. The molecule has 2 unspecified atom stereocenters. The molecule has 0 bridgehead atoms. The molecular weight excluding hydrogens is 1190 g/mol. The monoisotopic (exact) mass is 1350 g/mol. The van der Waals surface area contributed by atoms with Gasteiger partial charge in [0.2, 0.25) is 0 Å². The predicted molar refractivity (Wildman–Crippen MR) is 412 cm³/mol. The average Bonchev–Trinajstić information content (AvgIpc) is 2.74. The SMILES string of the molecule is CC/C=C\C/C=C\C/C=C\C/C=C\C/C=C\C/C=C\CCCCCCCCCCCCCCCCCCCCC(=O)OC(COC(=O)CCCCCCCCCCCCCCCCCCCCCCCCCCCCCCCCCCCC)COC(OCC[N+](C)(C)C)C(=O)[O-]. The molecule has 2 atom stereocenters. The van der Waals surface area contributed by atoms with E-state index >= 15 is 0 Å². The second-order valence-corrected chi connectivity index (χ2v) is 29.4. The summed E-state index contributed by atoms with van der Waals surface area (Å²) in [6.45, 7) is 4.71. The summed E-state index contributed by atoms with van der Waals surface area (Å²) in [5.74, 6) is -2.25. The summed E-state index contributed by atoms with van der Waals surface area (Å²) in [5, 5.41) is 11.9. The summed E-state index contributed by atoms with van der Waals surface area (Å²) in [5.41, 5.74) is 0. The number of carboxylic acids is 1. The summed E-state index contributed by atoms with van der Waals surface area (Å²) < 4.78 is 22.9. The van der Waals surface area contributed by atoms with Crippen LogP contribution in [0.3, 0.4) is 0 Å². The Morgan fingerprint density at radius 2 is 0.594 bits per heavy atom. The van der Waals surface area contributed by atoms with Crippen molar-refractivity contribution in [1.29, 1.82) is 0 Å². The lowest BCUT2D eigenvalue weighted by atomic mass is 10.0. The highest BCUT2D eigenvalue weighted by molar-refractivity contribution is 5.70. The van der Waals surface area contributed by atoms with E-state index in [1.165, 1.54) is 302 Å². The third-order valence-electron chi connectivity index (χ3n) is 18.7. The van der Waals surface area contributed by atoms with Crippen LogP contribution < -0.4 is 5.11 Å². The Balaban J connectivity index is 3.97. The molecule has 0 saturated carbocycles. The fraction of sp³-hybridized carbons (Fsp3) is 0.828. The zero-order valence-electron chi connectivity index (χ0n) is 64.3. The molecule has 0 amide bonds. The Hall–Kier alpha value is -3.27. The highest BCUT2D eigenvalue weighted by Crippen LogP contribution is 2.20. The van der Waals surface area contributed by atoms with Crippen molar-refractivity contribution in [3.8, 4) is 0 Å². The molecule has 0 heterocycles. The number of allylic oxidation sites excluding steroid dienone is 12. The van der Waals surface area contributed by atoms with Gasteiger partial charge < -0.3 is 33.3 Å². The first-order valence-electron chi connectivity index (χ1n) is 41.6. The van der Waals surface area contributed by atoms with Crippen molar-refractivity contribution in [1.82, 2.24) is 0 Å². The van der Waals surface area contributed by atoms with Crippen LogP contribution in [0.15, 0.2) is 72.9 Å². The van der Waals surface area contributed by atoms with E-state index in [9.17, 15) is 19.5 Å². The van der Waals surface area contributed by atoms with E-state index in [1.54, 1.807) is 0 Å². The van der Waals surface area contributed by atoms with Crippen molar-refractivity contribution in [3.05, 3.63) is 72.9 Å². The van der Waals surface area contributed by atoms with Gasteiger partial charge in [0, 0.05) is 12.8 Å². The Morgan fingerprint density at radius 3 is 0.885 bits per heavy atom. The smallest absolute Gasteiger partial charge is 0.306 e. The Labute approximate surface area is 596 Å². The largest absolute Gasteiger partial charge is 0.545 e. The van der Waals surface area contributed by atoms with Crippen molar-refractivity contribution in [2.75, 3.05) is 47.5 Å². The van der Waals surface area contributed by atoms with Crippen LogP contribution in [0.1, 0.15) is 406 Å². The standard InChI is InChI=1S/C87H159NO8/c1-6-8-10-12-14-16-18-20-22-24-26-28-30-32-34-36-38-40-42-43-44-46-48-50-52-54-56-58-60-62-64-66-68-70-72-74-76-78-85(90)96-83(82-95-87(86(91)92)93-80-79-88(3,4)5)81-94-84(89)77-75-73-71-69-67-65-63-61-59-57-55-53-51-49-47-45-41-39-37-35-33-31-29-27-25-23-21-19-17-15-13-11-9-7-2/h8,10,14,16,20,22,26,28,32,34,38,40,83,87H,6-7,9,11-13,15,17-19,21,23-25,27,29-31,33,35-37,39,41-82H2,1-5H3/b10-8-,16-14-,22-20-,28-26-,34-32-,40-38-. The van der Waals surface area contributed by atoms with Crippen LogP contribution in [-0.2, 0) is 33.3 Å². The minimum atomic E-state index is -1.62.